The van der Waals surface area contributed by atoms with Crippen molar-refractivity contribution in [2.75, 3.05) is 26.4 Å². The molecule has 0 aromatic rings. The summed E-state index contributed by atoms with van der Waals surface area (Å²) >= 11 is 0. The molecule has 8 nitrogen and oxygen atoms in total. The molecule has 12 atom stereocenters. The van der Waals surface area contributed by atoms with Crippen LogP contribution in [0.5, 0.6) is 0 Å². The summed E-state index contributed by atoms with van der Waals surface area (Å²) in [6.45, 7) is 32.3. The lowest BCUT2D eigenvalue weighted by atomic mass is 9.69. The predicted octanol–water partition coefficient (Wildman–Crippen LogP) is 8.20. The number of hydrogen-bond donors (Lipinski definition) is 0. The van der Waals surface area contributed by atoms with Crippen LogP contribution >= 0.6 is 0 Å². The smallest absolute Gasteiger partial charge is 0.312 e. The Bertz CT molecular complexity index is 1180. The number of carbonyl (C=O) groups excluding carboxylic acids is 2. The zero-order chi connectivity index (χ0) is 37.2. The van der Waals surface area contributed by atoms with E-state index in [-0.39, 0.29) is 70.1 Å². The highest BCUT2D eigenvalue weighted by atomic mass is 16.6. The quantitative estimate of drug-likeness (QED) is 0.149. The first-order chi connectivity index (χ1) is 23.0. The number of rotatable bonds is 12. The lowest BCUT2D eigenvalue weighted by Crippen LogP contribution is -2.55. The summed E-state index contributed by atoms with van der Waals surface area (Å²) in [6, 6.07) is 0. The highest BCUT2D eigenvalue weighted by Crippen LogP contribution is 2.69. The van der Waals surface area contributed by atoms with Crippen LogP contribution in [0.4, 0.5) is 0 Å². The Morgan fingerprint density at radius 3 is 1.26 bits per heavy atom. The Labute approximate surface area is 303 Å². The van der Waals surface area contributed by atoms with Gasteiger partial charge in [0.15, 0.2) is 0 Å². The number of esters is 2. The molecular formula is C42H70O8. The topological polar surface area (TPSA) is 89.5 Å². The van der Waals surface area contributed by atoms with Gasteiger partial charge in [0.05, 0.1) is 63.1 Å². The standard InChI is InChI=1S/C42H70O8/c1-15-45-35(43)29-27(49-33-31(47-23-37(3,4)5)25-19-21-41(33,13)39(25,9)10)17-18-28(30(29)36(44)46-16-2)50-34-32(48-24-38(6,7)8)26-20-22-42(34,14)40(26,11)12/h17-18,25-34H,15-16,19-24H2,1-14H3/t25-,26-,27-,28+,29+,30+,31-,32-,33-,34-,41+,42+/m1/s1. The minimum absolute atomic E-state index is 0.00541. The van der Waals surface area contributed by atoms with Crippen LogP contribution in [0.1, 0.15) is 123 Å². The van der Waals surface area contributed by atoms with Gasteiger partial charge in [-0.1, -0.05) is 95.2 Å². The maximum atomic E-state index is 14.1. The highest BCUT2D eigenvalue weighted by Gasteiger charge is 2.70. The monoisotopic (exact) mass is 703 g/mol. The van der Waals surface area contributed by atoms with E-state index >= 15 is 0 Å². The van der Waals surface area contributed by atoms with Gasteiger partial charge < -0.3 is 28.4 Å². The van der Waals surface area contributed by atoms with Gasteiger partial charge in [-0.15, -0.1) is 0 Å². The largest absolute Gasteiger partial charge is 0.466 e. The fourth-order valence-corrected chi connectivity index (χ4v) is 10.5. The van der Waals surface area contributed by atoms with Crippen LogP contribution in [-0.4, -0.2) is 75.0 Å². The van der Waals surface area contributed by atoms with Gasteiger partial charge in [0.2, 0.25) is 0 Å². The fourth-order valence-electron chi connectivity index (χ4n) is 10.5. The molecule has 4 bridgehead atoms. The molecule has 0 spiro atoms. The molecule has 0 heterocycles. The molecule has 0 saturated heterocycles. The van der Waals surface area contributed by atoms with Crippen molar-refractivity contribution in [3.05, 3.63) is 12.2 Å². The zero-order valence-corrected chi connectivity index (χ0v) is 33.9. The summed E-state index contributed by atoms with van der Waals surface area (Å²) in [4.78, 5) is 28.2. The van der Waals surface area contributed by atoms with Crippen molar-refractivity contribution in [3.63, 3.8) is 0 Å². The van der Waals surface area contributed by atoms with E-state index in [0.29, 0.717) is 25.0 Å². The summed E-state index contributed by atoms with van der Waals surface area (Å²) in [5.41, 5.74) is -0.377. The Morgan fingerprint density at radius 2 is 0.960 bits per heavy atom. The van der Waals surface area contributed by atoms with Gasteiger partial charge in [-0.05, 0) is 73.0 Å². The first-order valence-corrected chi connectivity index (χ1v) is 19.6. The van der Waals surface area contributed by atoms with Crippen molar-refractivity contribution < 1.29 is 38.0 Å². The second-order valence-electron chi connectivity index (χ2n) is 20.2. The molecule has 4 saturated carbocycles. The molecule has 8 heteroatoms. The van der Waals surface area contributed by atoms with E-state index in [4.69, 9.17) is 28.4 Å². The second-order valence-corrected chi connectivity index (χ2v) is 20.2. The number of ether oxygens (including phenoxy) is 6. The van der Waals surface area contributed by atoms with Crippen LogP contribution < -0.4 is 0 Å². The SMILES string of the molecule is CCOC(=O)[C@@H]1[C@@H](C(=O)OCC)[C@H](O[C@@H]2[C@H](OCC(C)(C)C)[C@H]3CC[C@]2(C)C3(C)C)C=C[C@@H]1O[C@@H]1[C@H](OCC(C)(C)C)[C@H]2CC[C@]1(C)C2(C)C. The van der Waals surface area contributed by atoms with Crippen LogP contribution in [0, 0.1) is 56.2 Å². The predicted molar refractivity (Wildman–Crippen MR) is 194 cm³/mol. The van der Waals surface area contributed by atoms with Crippen LogP contribution in [0.25, 0.3) is 0 Å². The molecule has 5 aliphatic carbocycles. The number of hydrogen-bond acceptors (Lipinski definition) is 8. The van der Waals surface area contributed by atoms with Gasteiger partial charge in [0, 0.05) is 10.8 Å². The van der Waals surface area contributed by atoms with E-state index in [1.165, 1.54) is 0 Å². The van der Waals surface area contributed by atoms with Crippen molar-refractivity contribution in [2.24, 2.45) is 56.2 Å². The van der Waals surface area contributed by atoms with Crippen molar-refractivity contribution in [1.29, 1.82) is 0 Å². The van der Waals surface area contributed by atoms with Crippen LogP contribution in [-0.2, 0) is 38.0 Å². The molecule has 0 unspecified atom stereocenters. The van der Waals surface area contributed by atoms with Crippen molar-refractivity contribution in [3.8, 4) is 0 Å². The molecule has 4 fully saturated rings. The van der Waals surface area contributed by atoms with Crippen molar-refractivity contribution in [1.82, 2.24) is 0 Å². The van der Waals surface area contributed by atoms with Crippen LogP contribution in [0.3, 0.4) is 0 Å². The maximum Gasteiger partial charge on any atom is 0.312 e. The van der Waals surface area contributed by atoms with Gasteiger partial charge in [-0.3, -0.25) is 9.59 Å². The van der Waals surface area contributed by atoms with Crippen LogP contribution in [0.15, 0.2) is 12.2 Å². The molecular weight excluding hydrogens is 632 g/mol. The van der Waals surface area contributed by atoms with Gasteiger partial charge in [-0.2, -0.15) is 0 Å². The molecule has 0 amide bonds. The van der Waals surface area contributed by atoms with E-state index < -0.39 is 36.0 Å². The summed E-state index contributed by atoms with van der Waals surface area (Å²) in [5, 5.41) is 0. The summed E-state index contributed by atoms with van der Waals surface area (Å²) in [5.74, 6) is -2.14. The third-order valence-corrected chi connectivity index (χ3v) is 14.1. The minimum Gasteiger partial charge on any atom is -0.466 e. The minimum atomic E-state index is -0.938. The molecule has 0 radical (unpaired) electrons. The molecule has 5 rings (SSSR count). The Kier molecular flexibility index (Phi) is 10.9. The lowest BCUT2D eigenvalue weighted by molar-refractivity contribution is -0.199. The van der Waals surface area contributed by atoms with E-state index in [2.05, 4.69) is 83.1 Å². The molecule has 5 aliphatic rings. The molecule has 0 aliphatic heterocycles. The van der Waals surface area contributed by atoms with Crippen LogP contribution in [0.2, 0.25) is 0 Å². The number of carbonyl (C=O) groups is 2. The van der Waals surface area contributed by atoms with E-state index in [1.807, 2.05) is 12.2 Å². The maximum absolute atomic E-state index is 14.1. The van der Waals surface area contributed by atoms with Gasteiger partial charge in [0.1, 0.15) is 11.8 Å². The molecule has 0 aromatic heterocycles. The first kappa shape index (κ1) is 39.7. The van der Waals surface area contributed by atoms with E-state index in [1.54, 1.807) is 13.8 Å². The van der Waals surface area contributed by atoms with Gasteiger partial charge in [-0.25, -0.2) is 0 Å². The third kappa shape index (κ3) is 6.75. The van der Waals surface area contributed by atoms with Crippen molar-refractivity contribution in [2.45, 2.75) is 159 Å². The summed E-state index contributed by atoms with van der Waals surface area (Å²) in [6.07, 6.45) is 5.94. The Balaban J connectivity index is 1.52. The number of fused-ring (bicyclic) bond motifs is 4. The fraction of sp³-hybridized carbons (Fsp3) is 0.905. The van der Waals surface area contributed by atoms with E-state index in [0.717, 1.165) is 25.7 Å². The molecule has 286 valence electrons. The van der Waals surface area contributed by atoms with Gasteiger partial charge in [0.25, 0.3) is 0 Å². The second kappa shape index (κ2) is 13.7. The Hall–Kier alpha value is -1.48. The van der Waals surface area contributed by atoms with E-state index in [9.17, 15) is 9.59 Å². The highest BCUT2D eigenvalue weighted by molar-refractivity contribution is 5.84. The first-order valence-electron chi connectivity index (χ1n) is 19.6. The van der Waals surface area contributed by atoms with Crippen molar-refractivity contribution >= 4 is 11.9 Å². The molecule has 50 heavy (non-hydrogen) atoms. The third-order valence-electron chi connectivity index (χ3n) is 14.1. The average Bonchev–Trinajstić information content (AvgIpc) is 3.50. The summed E-state index contributed by atoms with van der Waals surface area (Å²) in [7, 11) is 0. The van der Waals surface area contributed by atoms with Gasteiger partial charge >= 0.3 is 11.9 Å². The molecule has 0 aromatic carbocycles. The molecule has 0 N–H and O–H groups in total. The lowest BCUT2D eigenvalue weighted by Gasteiger charge is -2.46. The zero-order valence-electron chi connectivity index (χ0n) is 33.9. The Morgan fingerprint density at radius 1 is 0.620 bits per heavy atom. The summed E-state index contributed by atoms with van der Waals surface area (Å²) < 4.78 is 39.3. The average molecular weight is 703 g/mol. The normalized spacial score (nSPS) is 41.5.